The minimum atomic E-state index is -0.359. The first-order valence-electron chi connectivity index (χ1n) is 7.61. The van der Waals surface area contributed by atoms with Crippen LogP contribution in [0.4, 0.5) is 4.39 Å². The predicted octanol–water partition coefficient (Wildman–Crippen LogP) is 3.69. The van der Waals surface area contributed by atoms with Crippen LogP contribution < -0.4 is 5.32 Å². The van der Waals surface area contributed by atoms with Gasteiger partial charge in [0.15, 0.2) is 0 Å². The summed E-state index contributed by atoms with van der Waals surface area (Å²) >= 11 is 0. The molecule has 3 rings (SSSR count). The number of benzene rings is 2. The molecule has 5 heteroatoms. The molecule has 3 aromatic rings. The number of rotatable bonds is 4. The number of halogens is 1. The quantitative estimate of drug-likeness (QED) is 0.799. The van der Waals surface area contributed by atoms with Crippen molar-refractivity contribution in [2.75, 3.05) is 0 Å². The van der Waals surface area contributed by atoms with Gasteiger partial charge in [0, 0.05) is 12.1 Å². The summed E-state index contributed by atoms with van der Waals surface area (Å²) in [5.41, 5.74) is 2.39. The lowest BCUT2D eigenvalue weighted by Crippen LogP contribution is -2.28. The van der Waals surface area contributed by atoms with Gasteiger partial charge in [0.05, 0.1) is 17.1 Å². The van der Waals surface area contributed by atoms with E-state index in [0.717, 1.165) is 23.4 Å². The van der Waals surface area contributed by atoms with Crippen molar-refractivity contribution in [3.05, 3.63) is 65.7 Å². The third-order valence-corrected chi connectivity index (χ3v) is 3.84. The molecular formula is C18H18FN3O. The molecule has 1 aromatic heterocycles. The Morgan fingerprint density at radius 2 is 1.91 bits per heavy atom. The fourth-order valence-corrected chi connectivity index (χ4v) is 2.70. The smallest absolute Gasteiger partial charge is 0.251 e. The van der Waals surface area contributed by atoms with Gasteiger partial charge in [-0.1, -0.05) is 12.1 Å². The highest BCUT2D eigenvalue weighted by Gasteiger charge is 2.18. The Kier molecular flexibility index (Phi) is 4.10. The maximum atomic E-state index is 12.9. The molecule has 4 nitrogen and oxygen atoms in total. The van der Waals surface area contributed by atoms with Gasteiger partial charge in [0.25, 0.3) is 5.91 Å². The minimum absolute atomic E-state index is 0.243. The van der Waals surface area contributed by atoms with Crippen LogP contribution in [0, 0.1) is 5.82 Å². The lowest BCUT2D eigenvalue weighted by atomic mass is 10.2. The molecule has 0 aliphatic carbocycles. The molecule has 0 saturated heterocycles. The van der Waals surface area contributed by atoms with Crippen molar-refractivity contribution >= 4 is 16.9 Å². The summed E-state index contributed by atoms with van der Waals surface area (Å²) in [4.78, 5) is 16.9. The fraction of sp³-hybridized carbons (Fsp3) is 0.222. The molecule has 0 aliphatic heterocycles. The molecule has 118 valence electrons. The van der Waals surface area contributed by atoms with Gasteiger partial charge in [-0.15, -0.1) is 0 Å². The zero-order valence-electron chi connectivity index (χ0n) is 13.1. The molecule has 1 N–H and O–H groups in total. The zero-order chi connectivity index (χ0) is 16.4. The number of carbonyl (C=O) groups is 1. The van der Waals surface area contributed by atoms with Gasteiger partial charge < -0.3 is 9.88 Å². The number of hydrogen-bond donors (Lipinski definition) is 1. The van der Waals surface area contributed by atoms with Crippen LogP contribution in [0.3, 0.4) is 0 Å². The Hall–Kier alpha value is -2.69. The molecule has 1 heterocycles. The van der Waals surface area contributed by atoms with E-state index in [1.165, 1.54) is 24.3 Å². The Balaban J connectivity index is 1.87. The van der Waals surface area contributed by atoms with Crippen LogP contribution in [0.2, 0.25) is 0 Å². The van der Waals surface area contributed by atoms with Gasteiger partial charge in [-0.05, 0) is 50.2 Å². The van der Waals surface area contributed by atoms with Crippen molar-refractivity contribution in [1.29, 1.82) is 0 Å². The molecule has 0 fully saturated rings. The number of aromatic nitrogens is 2. The second kappa shape index (κ2) is 6.20. The van der Waals surface area contributed by atoms with E-state index >= 15 is 0 Å². The third kappa shape index (κ3) is 2.95. The Labute approximate surface area is 134 Å². The van der Waals surface area contributed by atoms with Crippen LogP contribution in [-0.4, -0.2) is 15.5 Å². The number of hydrogen-bond acceptors (Lipinski definition) is 2. The maximum absolute atomic E-state index is 12.9. The number of carbonyl (C=O) groups excluding carboxylic acids is 1. The average molecular weight is 311 g/mol. The van der Waals surface area contributed by atoms with E-state index in [2.05, 4.69) is 14.9 Å². The van der Waals surface area contributed by atoms with Crippen molar-refractivity contribution in [3.8, 4) is 0 Å². The number of nitrogens with zero attached hydrogens (tertiary/aromatic N) is 2. The number of nitrogens with one attached hydrogen (secondary N) is 1. The fourth-order valence-electron chi connectivity index (χ4n) is 2.70. The van der Waals surface area contributed by atoms with Crippen LogP contribution in [0.15, 0.2) is 48.5 Å². The molecule has 0 aliphatic rings. The van der Waals surface area contributed by atoms with Crippen LogP contribution in [0.25, 0.3) is 11.0 Å². The second-order valence-corrected chi connectivity index (χ2v) is 5.41. The number of aryl methyl sites for hydroxylation is 1. The Morgan fingerprint density at radius 3 is 2.61 bits per heavy atom. The van der Waals surface area contributed by atoms with Crippen molar-refractivity contribution in [3.63, 3.8) is 0 Å². The average Bonchev–Trinajstić information content (AvgIpc) is 2.94. The maximum Gasteiger partial charge on any atom is 0.251 e. The summed E-state index contributed by atoms with van der Waals surface area (Å²) in [6.07, 6.45) is 0. The molecule has 0 bridgehead atoms. The molecule has 0 unspecified atom stereocenters. The van der Waals surface area contributed by atoms with Crippen molar-refractivity contribution < 1.29 is 9.18 Å². The largest absolute Gasteiger partial charge is 0.342 e. The lowest BCUT2D eigenvalue weighted by molar-refractivity contribution is 0.0937. The molecular weight excluding hydrogens is 293 g/mol. The second-order valence-electron chi connectivity index (χ2n) is 5.41. The van der Waals surface area contributed by atoms with Gasteiger partial charge >= 0.3 is 0 Å². The summed E-state index contributed by atoms with van der Waals surface area (Å²) in [5, 5.41) is 2.92. The van der Waals surface area contributed by atoms with Gasteiger partial charge in [0.2, 0.25) is 0 Å². The SMILES string of the molecule is CCn1c([C@@H](C)NC(=O)c2ccc(F)cc2)nc2ccccc21. The number of amides is 1. The van der Waals surface area contributed by atoms with E-state index in [0.29, 0.717) is 5.56 Å². The molecule has 2 aromatic carbocycles. The van der Waals surface area contributed by atoms with Crippen LogP contribution in [0.1, 0.15) is 36.1 Å². The Morgan fingerprint density at radius 1 is 1.22 bits per heavy atom. The van der Waals surface area contributed by atoms with Crippen LogP contribution in [0.5, 0.6) is 0 Å². The summed E-state index contributed by atoms with van der Waals surface area (Å²) in [6, 6.07) is 13.1. The number of fused-ring (bicyclic) bond motifs is 1. The van der Waals surface area contributed by atoms with Gasteiger partial charge in [0.1, 0.15) is 11.6 Å². The summed E-state index contributed by atoms with van der Waals surface area (Å²) in [6.45, 7) is 4.72. The predicted molar refractivity (Wildman–Crippen MR) is 87.7 cm³/mol. The minimum Gasteiger partial charge on any atom is -0.342 e. The molecule has 0 saturated carbocycles. The molecule has 0 spiro atoms. The molecule has 1 atom stereocenters. The molecule has 0 radical (unpaired) electrons. The standard InChI is InChI=1S/C18H18FN3O/c1-3-22-16-7-5-4-6-15(16)21-17(22)12(2)20-18(23)13-8-10-14(19)11-9-13/h4-12H,3H2,1-2H3,(H,20,23)/t12-/m1/s1. The summed E-state index contributed by atoms with van der Waals surface area (Å²) in [5.74, 6) is 0.207. The van der Waals surface area contributed by atoms with E-state index in [-0.39, 0.29) is 17.8 Å². The highest BCUT2D eigenvalue weighted by molar-refractivity contribution is 5.94. The van der Waals surface area contributed by atoms with E-state index in [1.54, 1.807) is 0 Å². The Bertz CT molecular complexity index is 839. The zero-order valence-corrected chi connectivity index (χ0v) is 13.1. The normalized spacial score (nSPS) is 12.3. The van der Waals surface area contributed by atoms with E-state index in [4.69, 9.17) is 0 Å². The van der Waals surface area contributed by atoms with Crippen LogP contribution in [-0.2, 0) is 6.54 Å². The van der Waals surface area contributed by atoms with Crippen molar-refractivity contribution in [2.24, 2.45) is 0 Å². The van der Waals surface area contributed by atoms with E-state index < -0.39 is 0 Å². The summed E-state index contributed by atoms with van der Waals surface area (Å²) < 4.78 is 15.0. The third-order valence-electron chi connectivity index (χ3n) is 3.84. The summed E-state index contributed by atoms with van der Waals surface area (Å²) in [7, 11) is 0. The highest BCUT2D eigenvalue weighted by atomic mass is 19.1. The first-order valence-corrected chi connectivity index (χ1v) is 7.61. The number of para-hydroxylation sites is 2. The van der Waals surface area contributed by atoms with E-state index in [1.807, 2.05) is 38.1 Å². The first-order chi connectivity index (χ1) is 11.1. The first kappa shape index (κ1) is 15.2. The van der Waals surface area contributed by atoms with Crippen molar-refractivity contribution in [1.82, 2.24) is 14.9 Å². The monoisotopic (exact) mass is 311 g/mol. The van der Waals surface area contributed by atoms with Crippen molar-refractivity contribution in [2.45, 2.75) is 26.4 Å². The van der Waals surface area contributed by atoms with Gasteiger partial charge in [-0.2, -0.15) is 0 Å². The molecule has 1 amide bonds. The number of imidazole rings is 1. The van der Waals surface area contributed by atoms with Crippen LogP contribution >= 0.6 is 0 Å². The topological polar surface area (TPSA) is 46.9 Å². The van der Waals surface area contributed by atoms with E-state index in [9.17, 15) is 9.18 Å². The lowest BCUT2D eigenvalue weighted by Gasteiger charge is -2.15. The van der Waals surface area contributed by atoms with Gasteiger partial charge in [-0.25, -0.2) is 9.37 Å². The van der Waals surface area contributed by atoms with Gasteiger partial charge in [-0.3, -0.25) is 4.79 Å². The molecule has 23 heavy (non-hydrogen) atoms. The highest BCUT2D eigenvalue weighted by Crippen LogP contribution is 2.21.